The lowest BCUT2D eigenvalue weighted by molar-refractivity contribution is -0.124. The van der Waals surface area contributed by atoms with E-state index in [1.807, 2.05) is 17.7 Å². The Morgan fingerprint density at radius 1 is 0.881 bits per heavy atom. The number of nitrogens with one attached hydrogen (secondary N) is 2. The number of pyridine rings is 1. The second-order valence-corrected chi connectivity index (χ2v) is 19.6. The van der Waals surface area contributed by atoms with Crippen molar-refractivity contribution < 1.29 is 9.53 Å². The molecule has 2 aromatic heterocycles. The molecule has 4 fully saturated rings. The summed E-state index contributed by atoms with van der Waals surface area (Å²) in [5.74, 6) is 4.10. The van der Waals surface area contributed by atoms with Crippen LogP contribution >= 0.6 is 0 Å². The average molecular weight is 810 g/mol. The van der Waals surface area contributed by atoms with Gasteiger partial charge in [0.25, 0.3) is 5.56 Å². The zero-order valence-electron chi connectivity index (χ0n) is 37.0. The molecule has 59 heavy (non-hydrogen) atoms. The van der Waals surface area contributed by atoms with E-state index in [1.165, 1.54) is 102 Å². The Bertz CT molecular complexity index is 1860. The predicted octanol–water partition coefficient (Wildman–Crippen LogP) is 10.3. The quantitative estimate of drug-likeness (QED) is 0.109. The maximum atomic E-state index is 13.1. The molecule has 0 radical (unpaired) electrons. The number of amides is 1. The first-order valence-corrected chi connectivity index (χ1v) is 23.7. The molecule has 10 nitrogen and oxygen atoms in total. The first-order valence-electron chi connectivity index (χ1n) is 23.7. The summed E-state index contributed by atoms with van der Waals surface area (Å²) in [7, 11) is 1.71. The van der Waals surface area contributed by atoms with Gasteiger partial charge >= 0.3 is 0 Å². The number of aromatic nitrogens is 3. The Morgan fingerprint density at radius 2 is 1.54 bits per heavy atom. The van der Waals surface area contributed by atoms with Gasteiger partial charge < -0.3 is 20.3 Å². The van der Waals surface area contributed by atoms with Gasteiger partial charge in [0, 0.05) is 74.6 Å². The molecule has 1 amide bonds. The summed E-state index contributed by atoms with van der Waals surface area (Å²) >= 11 is 0. The minimum Gasteiger partial charge on any atom is -0.494 e. The number of methoxy groups -OCH3 is 1. The van der Waals surface area contributed by atoms with Gasteiger partial charge in [-0.25, -0.2) is 4.98 Å². The van der Waals surface area contributed by atoms with Crippen molar-refractivity contribution in [2.24, 2.45) is 23.2 Å². The van der Waals surface area contributed by atoms with Crippen LogP contribution in [0.25, 0.3) is 11.0 Å². The molecule has 3 heterocycles. The normalized spacial score (nSPS) is 23.8. The third kappa shape index (κ3) is 11.8. The average Bonchev–Trinajstić information content (AvgIpc) is 3.74. The highest BCUT2D eigenvalue weighted by molar-refractivity contribution is 5.80. The maximum Gasteiger partial charge on any atom is 0.252 e. The predicted molar refractivity (Wildman–Crippen MR) is 242 cm³/mol. The number of ether oxygens (including phenoxy) is 1. The first kappa shape index (κ1) is 43.4. The van der Waals surface area contributed by atoms with Crippen LogP contribution in [0.4, 0.5) is 17.3 Å². The molecule has 3 aliphatic carbocycles. The maximum absolute atomic E-state index is 13.1. The molecule has 324 valence electrons. The molecule has 0 spiro atoms. The van der Waals surface area contributed by atoms with E-state index in [4.69, 9.17) is 9.72 Å². The Morgan fingerprint density at radius 3 is 2.22 bits per heavy atom. The second-order valence-electron chi connectivity index (χ2n) is 19.6. The monoisotopic (exact) mass is 810 g/mol. The number of piperazine rings is 1. The first-order chi connectivity index (χ1) is 28.7. The summed E-state index contributed by atoms with van der Waals surface area (Å²) in [6.45, 7) is 13.0. The van der Waals surface area contributed by atoms with E-state index in [2.05, 4.69) is 57.5 Å². The molecule has 3 saturated carbocycles. The summed E-state index contributed by atoms with van der Waals surface area (Å²) in [5.41, 5.74) is 3.83. The minimum absolute atomic E-state index is 0.0201. The zero-order chi connectivity index (χ0) is 41.2. The highest BCUT2D eigenvalue weighted by atomic mass is 16.5. The summed E-state index contributed by atoms with van der Waals surface area (Å²) in [5, 5.41) is 7.56. The number of anilines is 3. The van der Waals surface area contributed by atoms with E-state index in [0.29, 0.717) is 11.6 Å². The number of rotatable bonds is 20. The van der Waals surface area contributed by atoms with Gasteiger partial charge in [0.1, 0.15) is 11.4 Å². The Hall–Kier alpha value is -3.66. The van der Waals surface area contributed by atoms with Crippen molar-refractivity contribution >= 4 is 34.3 Å². The van der Waals surface area contributed by atoms with Gasteiger partial charge in [-0.05, 0) is 112 Å². The van der Waals surface area contributed by atoms with Crippen molar-refractivity contribution in [3.05, 3.63) is 46.4 Å². The van der Waals surface area contributed by atoms with Gasteiger partial charge in [0.15, 0.2) is 0 Å². The number of benzene rings is 1. The zero-order valence-corrected chi connectivity index (χ0v) is 37.0. The van der Waals surface area contributed by atoms with Gasteiger partial charge in [-0.1, -0.05) is 78.1 Å². The smallest absolute Gasteiger partial charge is 0.252 e. The molecule has 10 heteroatoms. The number of hydrogen-bond donors (Lipinski definition) is 2. The second kappa shape index (κ2) is 20.7. The van der Waals surface area contributed by atoms with Crippen LogP contribution in [0, 0.1) is 30.1 Å². The van der Waals surface area contributed by atoms with Crippen molar-refractivity contribution in [3.63, 3.8) is 0 Å². The van der Waals surface area contributed by atoms with Crippen molar-refractivity contribution in [3.8, 4) is 5.75 Å². The molecular weight excluding hydrogens is 735 g/mol. The number of fused-ring (bicyclic) bond motifs is 3. The lowest BCUT2D eigenvalue weighted by Gasteiger charge is -2.47. The van der Waals surface area contributed by atoms with Crippen LogP contribution in [-0.4, -0.2) is 71.7 Å². The Labute approximate surface area is 354 Å². The van der Waals surface area contributed by atoms with E-state index in [1.54, 1.807) is 13.2 Å². The molecule has 2 bridgehead atoms. The fraction of sp³-hybridized carbons (Fsp3) is 0.714. The van der Waals surface area contributed by atoms with E-state index in [9.17, 15) is 9.59 Å². The topological polar surface area (TPSA) is 105 Å². The molecule has 1 saturated heterocycles. The van der Waals surface area contributed by atoms with E-state index < -0.39 is 0 Å². The summed E-state index contributed by atoms with van der Waals surface area (Å²) in [6.07, 6.45) is 26.5. The van der Waals surface area contributed by atoms with Crippen molar-refractivity contribution in [2.45, 2.75) is 155 Å². The number of carbonyl (C=O) groups excluding carboxylic acids is 1. The van der Waals surface area contributed by atoms with E-state index >= 15 is 0 Å². The third-order valence-corrected chi connectivity index (χ3v) is 14.4. The molecule has 2 N–H and O–H groups in total. The standard InChI is InChI=1S/C49H75N7O3/c1-36-27-38-30-39(28-36)33-49(3,32-38)34-45(57)50-21-15-11-9-7-5-6-8-10-12-16-22-54-23-25-55(26-24-54)41-19-20-43(44(31-41)59-4)52-48-51-35-42-37(2)29-46(58)56(47(42)53-48)40-17-13-14-18-40/h19-20,29,31,35-36,38-40H,5-18,21-28,30,32-34H2,1-4H3,(H,50,57)(H,51,52,53). The number of carbonyl (C=O) groups is 1. The van der Waals surface area contributed by atoms with Gasteiger partial charge in [0.05, 0.1) is 12.8 Å². The minimum atomic E-state index is 0.0201. The third-order valence-electron chi connectivity index (χ3n) is 14.4. The van der Waals surface area contributed by atoms with E-state index in [-0.39, 0.29) is 22.9 Å². The van der Waals surface area contributed by atoms with Gasteiger partial charge in [-0.3, -0.25) is 19.1 Å². The van der Waals surface area contributed by atoms with Crippen LogP contribution in [-0.2, 0) is 4.79 Å². The highest BCUT2D eigenvalue weighted by Crippen LogP contribution is 2.51. The van der Waals surface area contributed by atoms with Crippen LogP contribution in [0.1, 0.15) is 154 Å². The SMILES string of the molecule is COc1cc(N2CCN(CCCCCCCCCCCCNC(=O)CC3(C)CC4CC(C)CC(C4)C3)CC2)ccc1Nc1ncc2c(C)cc(=O)n(C3CCCC3)c2n1. The van der Waals surface area contributed by atoms with Crippen molar-refractivity contribution in [2.75, 3.05) is 56.6 Å². The van der Waals surface area contributed by atoms with Crippen LogP contribution in [0.2, 0.25) is 0 Å². The molecule has 1 aromatic carbocycles. The summed E-state index contributed by atoms with van der Waals surface area (Å²) < 4.78 is 7.73. The largest absolute Gasteiger partial charge is 0.494 e. The molecule has 4 aliphatic rings. The number of unbranched alkanes of at least 4 members (excludes halogenated alkanes) is 9. The molecule has 2 unspecified atom stereocenters. The lowest BCUT2D eigenvalue weighted by Crippen LogP contribution is -2.46. The van der Waals surface area contributed by atoms with E-state index in [0.717, 1.165) is 111 Å². The molecule has 7 rings (SSSR count). The lowest BCUT2D eigenvalue weighted by atomic mass is 9.58. The summed E-state index contributed by atoms with van der Waals surface area (Å²) in [6, 6.07) is 8.23. The van der Waals surface area contributed by atoms with Gasteiger partial charge in [0.2, 0.25) is 11.9 Å². The fourth-order valence-electron chi connectivity index (χ4n) is 11.6. The number of hydrogen-bond acceptors (Lipinski definition) is 8. The van der Waals surface area contributed by atoms with Gasteiger partial charge in [-0.15, -0.1) is 0 Å². The van der Waals surface area contributed by atoms with Crippen LogP contribution in [0.15, 0.2) is 35.3 Å². The molecular formula is C49H75N7O3. The Kier molecular flexibility index (Phi) is 15.3. The highest BCUT2D eigenvalue weighted by Gasteiger charge is 2.41. The van der Waals surface area contributed by atoms with Crippen molar-refractivity contribution in [1.29, 1.82) is 0 Å². The Balaban J connectivity index is 0.731. The fourth-order valence-corrected chi connectivity index (χ4v) is 11.6. The van der Waals surface area contributed by atoms with Crippen LogP contribution in [0.5, 0.6) is 5.75 Å². The van der Waals surface area contributed by atoms with Crippen LogP contribution < -0.4 is 25.8 Å². The number of aryl methyl sites for hydroxylation is 1. The molecule has 1 aliphatic heterocycles. The van der Waals surface area contributed by atoms with Crippen LogP contribution in [0.3, 0.4) is 0 Å². The van der Waals surface area contributed by atoms with Crippen molar-refractivity contribution in [1.82, 2.24) is 24.8 Å². The molecule has 3 aromatic rings. The number of nitrogens with zero attached hydrogens (tertiary/aromatic N) is 5. The summed E-state index contributed by atoms with van der Waals surface area (Å²) in [4.78, 5) is 40.4. The molecule has 2 atom stereocenters. The van der Waals surface area contributed by atoms with Gasteiger partial charge in [-0.2, -0.15) is 4.98 Å².